The number of amides is 3. The highest BCUT2D eigenvalue weighted by atomic mass is 16.4. The number of phenolic OH excluding ortho intramolecular Hbond substituents is 1. The van der Waals surface area contributed by atoms with Crippen LogP contribution in [0.25, 0.3) is 0 Å². The second-order valence-electron chi connectivity index (χ2n) is 5.79. The van der Waals surface area contributed by atoms with E-state index in [-0.39, 0.29) is 12.2 Å². The molecule has 0 spiro atoms. The highest BCUT2D eigenvalue weighted by Gasteiger charge is 2.28. The zero-order chi connectivity index (χ0) is 20.6. The number of carbonyl (C=O) groups excluding carboxylic acids is 3. The van der Waals surface area contributed by atoms with E-state index in [1.807, 2.05) is 5.32 Å². The molecule has 0 aliphatic carbocycles. The lowest BCUT2D eigenvalue weighted by Crippen LogP contribution is -2.56. The summed E-state index contributed by atoms with van der Waals surface area (Å²) < 4.78 is 0. The Bertz CT molecular complexity index is 693. The molecule has 0 aliphatic heterocycles. The molecule has 27 heavy (non-hydrogen) atoms. The Morgan fingerprint density at radius 3 is 2.04 bits per heavy atom. The van der Waals surface area contributed by atoms with Crippen LogP contribution in [-0.4, -0.2) is 63.7 Å². The number of phenols is 1. The summed E-state index contributed by atoms with van der Waals surface area (Å²) in [4.78, 5) is 46.4. The molecule has 0 heterocycles. The van der Waals surface area contributed by atoms with E-state index in [1.165, 1.54) is 12.1 Å². The summed E-state index contributed by atoms with van der Waals surface area (Å²) in [5.41, 5.74) is 11.5. The third-order valence-corrected chi connectivity index (χ3v) is 3.56. The Kier molecular flexibility index (Phi) is 8.17. The summed E-state index contributed by atoms with van der Waals surface area (Å²) in [6, 6.07) is 1.84. The second kappa shape index (κ2) is 10.1. The van der Waals surface area contributed by atoms with Crippen molar-refractivity contribution in [2.45, 2.75) is 31.0 Å². The molecule has 11 nitrogen and oxygen atoms in total. The number of nitrogens with two attached hydrogens (primary N) is 2. The number of primary amides is 1. The van der Waals surface area contributed by atoms with Crippen LogP contribution in [0.1, 0.15) is 12.0 Å². The van der Waals surface area contributed by atoms with Gasteiger partial charge >= 0.3 is 5.97 Å². The van der Waals surface area contributed by atoms with Crippen LogP contribution in [0.2, 0.25) is 0 Å². The molecule has 11 heteroatoms. The zero-order valence-electron chi connectivity index (χ0n) is 14.3. The van der Waals surface area contributed by atoms with E-state index in [1.54, 1.807) is 12.1 Å². The van der Waals surface area contributed by atoms with Crippen molar-refractivity contribution in [3.63, 3.8) is 0 Å². The monoisotopic (exact) mass is 382 g/mol. The molecule has 0 aliphatic rings. The molecule has 1 rings (SSSR count). The maximum absolute atomic E-state index is 12.2. The van der Waals surface area contributed by atoms with Crippen LogP contribution < -0.4 is 22.1 Å². The molecule has 0 aromatic heterocycles. The Labute approximate surface area is 154 Å². The van der Waals surface area contributed by atoms with Gasteiger partial charge in [-0.15, -0.1) is 0 Å². The first-order chi connectivity index (χ1) is 12.6. The van der Waals surface area contributed by atoms with E-state index in [0.29, 0.717) is 5.56 Å². The topological polar surface area (TPSA) is 205 Å². The molecule has 3 atom stereocenters. The molecule has 0 saturated carbocycles. The lowest BCUT2D eigenvalue weighted by molar-refractivity contribution is -0.143. The normalized spacial score (nSPS) is 13.9. The van der Waals surface area contributed by atoms with Gasteiger partial charge in [-0.2, -0.15) is 0 Å². The molecule has 0 bridgehead atoms. The van der Waals surface area contributed by atoms with Crippen molar-refractivity contribution in [3.05, 3.63) is 29.8 Å². The SMILES string of the molecule is NC(=O)C[C@H](NC(=O)[C@@H](N)Cc1ccc(O)cc1)C(=O)N[C@@H](CO)C(=O)O. The summed E-state index contributed by atoms with van der Waals surface area (Å²) in [5.74, 6) is -4.11. The van der Waals surface area contributed by atoms with Gasteiger partial charge in [0.15, 0.2) is 0 Å². The molecule has 148 valence electrons. The maximum atomic E-state index is 12.2. The average Bonchev–Trinajstić information content (AvgIpc) is 2.59. The van der Waals surface area contributed by atoms with Gasteiger partial charge in [0.05, 0.1) is 19.1 Å². The number of carboxylic acid groups (broad SMARTS) is 1. The lowest BCUT2D eigenvalue weighted by Gasteiger charge is -2.21. The fourth-order valence-electron chi connectivity index (χ4n) is 2.13. The van der Waals surface area contributed by atoms with E-state index < -0.39 is 54.8 Å². The highest BCUT2D eigenvalue weighted by Crippen LogP contribution is 2.11. The average molecular weight is 382 g/mol. The first-order valence-corrected chi connectivity index (χ1v) is 7.90. The molecule has 0 saturated heterocycles. The number of nitrogens with one attached hydrogen (secondary N) is 2. The van der Waals surface area contributed by atoms with Crippen molar-refractivity contribution >= 4 is 23.7 Å². The van der Waals surface area contributed by atoms with Gasteiger partial charge in [-0.05, 0) is 24.1 Å². The molecule has 0 fully saturated rings. The van der Waals surface area contributed by atoms with Crippen LogP contribution in [0.3, 0.4) is 0 Å². The van der Waals surface area contributed by atoms with Gasteiger partial charge in [-0.1, -0.05) is 12.1 Å². The molecule has 0 unspecified atom stereocenters. The predicted octanol–water partition coefficient (Wildman–Crippen LogP) is -2.82. The van der Waals surface area contributed by atoms with E-state index >= 15 is 0 Å². The van der Waals surface area contributed by atoms with Gasteiger partial charge < -0.3 is 37.4 Å². The van der Waals surface area contributed by atoms with Gasteiger partial charge in [-0.25, -0.2) is 4.79 Å². The van der Waals surface area contributed by atoms with Crippen molar-refractivity contribution in [1.82, 2.24) is 10.6 Å². The van der Waals surface area contributed by atoms with E-state index in [9.17, 15) is 24.3 Å². The summed E-state index contributed by atoms with van der Waals surface area (Å²) in [6.45, 7) is -0.876. The van der Waals surface area contributed by atoms with Crippen LogP contribution in [0.4, 0.5) is 0 Å². The van der Waals surface area contributed by atoms with Crippen LogP contribution in [0.5, 0.6) is 5.75 Å². The summed E-state index contributed by atoms with van der Waals surface area (Å²) in [6.07, 6.45) is -0.493. The second-order valence-corrected chi connectivity index (χ2v) is 5.79. The van der Waals surface area contributed by atoms with Gasteiger partial charge in [0.2, 0.25) is 17.7 Å². The first kappa shape index (κ1) is 21.9. The Balaban J connectivity index is 2.77. The zero-order valence-corrected chi connectivity index (χ0v) is 14.3. The largest absolute Gasteiger partial charge is 0.508 e. The summed E-state index contributed by atoms with van der Waals surface area (Å²) in [5, 5.41) is 31.3. The minimum absolute atomic E-state index is 0.0480. The van der Waals surface area contributed by atoms with Gasteiger partial charge in [-0.3, -0.25) is 14.4 Å². The molecule has 0 radical (unpaired) electrons. The van der Waals surface area contributed by atoms with Gasteiger partial charge in [0.1, 0.15) is 17.8 Å². The molecule has 3 amide bonds. The number of aliphatic hydroxyl groups excluding tert-OH is 1. The predicted molar refractivity (Wildman–Crippen MR) is 92.2 cm³/mol. The number of benzene rings is 1. The number of rotatable bonds is 10. The van der Waals surface area contributed by atoms with E-state index in [4.69, 9.17) is 21.7 Å². The minimum Gasteiger partial charge on any atom is -0.508 e. The quantitative estimate of drug-likeness (QED) is 0.224. The van der Waals surface area contributed by atoms with Crippen LogP contribution in [-0.2, 0) is 25.6 Å². The smallest absolute Gasteiger partial charge is 0.328 e. The van der Waals surface area contributed by atoms with Gasteiger partial charge in [0.25, 0.3) is 0 Å². The van der Waals surface area contributed by atoms with Crippen LogP contribution >= 0.6 is 0 Å². The van der Waals surface area contributed by atoms with Gasteiger partial charge in [0, 0.05) is 0 Å². The third-order valence-electron chi connectivity index (χ3n) is 3.56. The van der Waals surface area contributed by atoms with E-state index in [0.717, 1.165) is 0 Å². The number of carbonyl (C=O) groups is 4. The fourth-order valence-corrected chi connectivity index (χ4v) is 2.13. The van der Waals surface area contributed by atoms with Crippen molar-refractivity contribution in [3.8, 4) is 5.75 Å². The first-order valence-electron chi connectivity index (χ1n) is 7.90. The van der Waals surface area contributed by atoms with Crippen LogP contribution in [0, 0.1) is 0 Å². The molecule has 1 aromatic carbocycles. The molecule has 1 aromatic rings. The summed E-state index contributed by atoms with van der Waals surface area (Å²) in [7, 11) is 0. The van der Waals surface area contributed by atoms with Crippen molar-refractivity contribution in [2.24, 2.45) is 11.5 Å². The Hall–Kier alpha value is -3.18. The number of hydrogen-bond acceptors (Lipinski definition) is 7. The highest BCUT2D eigenvalue weighted by molar-refractivity contribution is 5.94. The third kappa shape index (κ3) is 7.30. The van der Waals surface area contributed by atoms with Crippen LogP contribution in [0.15, 0.2) is 24.3 Å². The molecular formula is C16H22N4O7. The number of hydrogen-bond donors (Lipinski definition) is 7. The standard InChI is InChI=1S/C16H22N4O7/c17-10(5-8-1-3-9(22)4-2-8)14(24)19-11(6-13(18)23)15(25)20-12(7-21)16(26)27/h1-4,10-12,21-22H,5-7,17H2,(H2,18,23)(H,19,24)(H,20,25)(H,26,27)/t10-,11-,12-/m0/s1. The van der Waals surface area contributed by atoms with Crippen molar-refractivity contribution < 1.29 is 34.5 Å². The minimum atomic E-state index is -1.60. The number of aliphatic carboxylic acids is 1. The van der Waals surface area contributed by atoms with Crippen molar-refractivity contribution in [1.29, 1.82) is 0 Å². The fraction of sp³-hybridized carbons (Fsp3) is 0.375. The summed E-state index contributed by atoms with van der Waals surface area (Å²) >= 11 is 0. The Morgan fingerprint density at radius 1 is 1.00 bits per heavy atom. The van der Waals surface area contributed by atoms with E-state index in [2.05, 4.69) is 5.32 Å². The lowest BCUT2D eigenvalue weighted by atomic mass is 10.0. The Morgan fingerprint density at radius 2 is 1.56 bits per heavy atom. The number of carboxylic acids is 1. The number of aromatic hydroxyl groups is 1. The molecular weight excluding hydrogens is 360 g/mol. The van der Waals surface area contributed by atoms with Crippen molar-refractivity contribution in [2.75, 3.05) is 6.61 Å². The maximum Gasteiger partial charge on any atom is 0.328 e. The molecule has 9 N–H and O–H groups in total. The number of aliphatic hydroxyl groups is 1.